The molecule has 1 aliphatic rings. The summed E-state index contributed by atoms with van der Waals surface area (Å²) in [6, 6.07) is 4.17. The van der Waals surface area contributed by atoms with Crippen molar-refractivity contribution in [2.75, 3.05) is 12.4 Å². The van der Waals surface area contributed by atoms with Crippen molar-refractivity contribution in [1.29, 1.82) is 0 Å². The first-order valence-corrected chi connectivity index (χ1v) is 11.5. The van der Waals surface area contributed by atoms with Crippen molar-refractivity contribution in [3.63, 3.8) is 0 Å². The zero-order chi connectivity index (χ0) is 19.0. The van der Waals surface area contributed by atoms with E-state index in [0.29, 0.717) is 24.5 Å². The second-order valence-electron chi connectivity index (χ2n) is 7.37. The number of sulfonamides is 1. The van der Waals surface area contributed by atoms with Crippen LogP contribution in [0.1, 0.15) is 76.8 Å². The molecule has 0 aliphatic heterocycles. The SMILES string of the molecule is CCCCCCS(=O)(=O)N[C@H](C)c1ccc(F)c(OCC2CCCC2)c1. The molecule has 1 fully saturated rings. The van der Waals surface area contributed by atoms with Crippen molar-refractivity contribution >= 4 is 10.0 Å². The molecule has 0 aromatic heterocycles. The second-order valence-corrected chi connectivity index (χ2v) is 9.24. The standard InChI is InChI=1S/C20H32FNO3S/c1-3-4-5-8-13-26(23,24)22-16(2)18-11-12-19(21)20(14-18)25-15-17-9-6-7-10-17/h11-12,14,16-17,22H,3-10,13,15H2,1-2H3/t16-/m1/s1. The van der Waals surface area contributed by atoms with E-state index < -0.39 is 21.9 Å². The van der Waals surface area contributed by atoms with Crippen molar-refractivity contribution in [1.82, 2.24) is 4.72 Å². The number of hydrogen-bond donors (Lipinski definition) is 1. The molecule has 6 heteroatoms. The van der Waals surface area contributed by atoms with Crippen LogP contribution in [0.4, 0.5) is 4.39 Å². The normalized spacial score (nSPS) is 16.7. The Bertz CT molecular complexity index is 657. The van der Waals surface area contributed by atoms with Gasteiger partial charge in [-0.05, 0) is 49.8 Å². The zero-order valence-corrected chi connectivity index (χ0v) is 16.8. The van der Waals surface area contributed by atoms with Crippen LogP contribution in [0.15, 0.2) is 18.2 Å². The number of unbranched alkanes of at least 4 members (excludes halogenated alkanes) is 3. The van der Waals surface area contributed by atoms with Gasteiger partial charge in [0.1, 0.15) is 0 Å². The van der Waals surface area contributed by atoms with Crippen LogP contribution in [0.3, 0.4) is 0 Å². The molecule has 148 valence electrons. The maximum Gasteiger partial charge on any atom is 0.212 e. The highest BCUT2D eigenvalue weighted by Crippen LogP contribution is 2.28. The Morgan fingerprint density at radius 3 is 2.65 bits per heavy atom. The van der Waals surface area contributed by atoms with E-state index in [9.17, 15) is 12.8 Å². The van der Waals surface area contributed by atoms with Crippen LogP contribution in [-0.4, -0.2) is 20.8 Å². The predicted molar refractivity (Wildman–Crippen MR) is 103 cm³/mol. The van der Waals surface area contributed by atoms with Crippen molar-refractivity contribution in [2.24, 2.45) is 5.92 Å². The van der Waals surface area contributed by atoms with Crippen LogP contribution in [0.2, 0.25) is 0 Å². The van der Waals surface area contributed by atoms with E-state index in [1.54, 1.807) is 19.1 Å². The average molecular weight is 386 g/mol. The molecule has 0 spiro atoms. The van der Waals surface area contributed by atoms with E-state index >= 15 is 0 Å². The molecule has 1 aliphatic carbocycles. The summed E-state index contributed by atoms with van der Waals surface area (Å²) in [5, 5.41) is 0. The molecule has 0 heterocycles. The first-order valence-electron chi connectivity index (χ1n) is 9.83. The van der Waals surface area contributed by atoms with Crippen LogP contribution in [0, 0.1) is 11.7 Å². The minimum absolute atomic E-state index is 0.129. The zero-order valence-electron chi connectivity index (χ0n) is 16.0. The Morgan fingerprint density at radius 1 is 1.23 bits per heavy atom. The molecule has 2 rings (SSSR count). The van der Waals surface area contributed by atoms with Crippen LogP contribution < -0.4 is 9.46 Å². The fourth-order valence-corrected chi connectivity index (χ4v) is 4.78. The summed E-state index contributed by atoms with van der Waals surface area (Å²) in [5.41, 5.74) is 0.713. The Labute approximate surface area is 157 Å². The van der Waals surface area contributed by atoms with Crippen molar-refractivity contribution in [2.45, 2.75) is 71.3 Å². The minimum atomic E-state index is -3.34. The van der Waals surface area contributed by atoms with Crippen LogP contribution in [-0.2, 0) is 10.0 Å². The lowest BCUT2D eigenvalue weighted by atomic mass is 10.1. The molecule has 0 bridgehead atoms. The van der Waals surface area contributed by atoms with Gasteiger partial charge in [0.2, 0.25) is 10.0 Å². The molecule has 1 N–H and O–H groups in total. The fourth-order valence-electron chi connectivity index (χ4n) is 3.40. The van der Waals surface area contributed by atoms with E-state index in [0.717, 1.165) is 32.1 Å². The number of nitrogens with one attached hydrogen (secondary N) is 1. The number of hydrogen-bond acceptors (Lipinski definition) is 3. The lowest BCUT2D eigenvalue weighted by Crippen LogP contribution is -2.29. The van der Waals surface area contributed by atoms with Gasteiger partial charge in [0, 0.05) is 6.04 Å². The Kier molecular flexibility index (Phi) is 8.35. The highest BCUT2D eigenvalue weighted by atomic mass is 32.2. The third-order valence-electron chi connectivity index (χ3n) is 5.03. The van der Waals surface area contributed by atoms with E-state index in [-0.39, 0.29) is 11.5 Å². The van der Waals surface area contributed by atoms with Crippen molar-refractivity contribution in [3.05, 3.63) is 29.6 Å². The molecular weight excluding hydrogens is 353 g/mol. The third kappa shape index (κ3) is 6.88. The van der Waals surface area contributed by atoms with E-state index in [1.807, 2.05) is 0 Å². The largest absolute Gasteiger partial charge is 0.490 e. The van der Waals surface area contributed by atoms with Gasteiger partial charge >= 0.3 is 0 Å². The highest BCUT2D eigenvalue weighted by molar-refractivity contribution is 7.89. The summed E-state index contributed by atoms with van der Waals surface area (Å²) in [4.78, 5) is 0. The molecule has 1 atom stereocenters. The van der Waals surface area contributed by atoms with E-state index in [1.165, 1.54) is 18.9 Å². The second kappa shape index (κ2) is 10.3. The topological polar surface area (TPSA) is 55.4 Å². The summed E-state index contributed by atoms with van der Waals surface area (Å²) in [6.07, 6.45) is 8.40. The summed E-state index contributed by atoms with van der Waals surface area (Å²) in [5.74, 6) is 0.436. The monoisotopic (exact) mass is 385 g/mol. The molecular formula is C20H32FNO3S. The lowest BCUT2D eigenvalue weighted by molar-refractivity contribution is 0.242. The lowest BCUT2D eigenvalue weighted by Gasteiger charge is -2.17. The number of rotatable bonds is 11. The van der Waals surface area contributed by atoms with E-state index in [2.05, 4.69) is 11.6 Å². The molecule has 0 amide bonds. The van der Waals surface area contributed by atoms with Crippen molar-refractivity contribution < 1.29 is 17.5 Å². The van der Waals surface area contributed by atoms with Gasteiger partial charge in [0.25, 0.3) is 0 Å². The Morgan fingerprint density at radius 2 is 1.96 bits per heavy atom. The van der Waals surface area contributed by atoms with Gasteiger partial charge in [-0.15, -0.1) is 0 Å². The summed E-state index contributed by atoms with van der Waals surface area (Å²) < 4.78 is 46.8. The van der Waals surface area contributed by atoms with Gasteiger partial charge in [-0.1, -0.05) is 45.1 Å². The summed E-state index contributed by atoms with van der Waals surface area (Å²) in [7, 11) is -3.34. The quantitative estimate of drug-likeness (QED) is 0.548. The van der Waals surface area contributed by atoms with Gasteiger partial charge in [0.05, 0.1) is 12.4 Å². The number of halogens is 1. The van der Waals surface area contributed by atoms with Gasteiger partial charge in [-0.25, -0.2) is 17.5 Å². The average Bonchev–Trinajstić information content (AvgIpc) is 3.11. The molecule has 26 heavy (non-hydrogen) atoms. The molecule has 1 aromatic carbocycles. The molecule has 1 saturated carbocycles. The molecule has 1 aromatic rings. The fraction of sp³-hybridized carbons (Fsp3) is 0.700. The van der Waals surface area contributed by atoms with Gasteiger partial charge in [0.15, 0.2) is 11.6 Å². The molecule has 0 saturated heterocycles. The smallest absolute Gasteiger partial charge is 0.212 e. The van der Waals surface area contributed by atoms with Crippen LogP contribution in [0.5, 0.6) is 5.75 Å². The summed E-state index contributed by atoms with van der Waals surface area (Å²) >= 11 is 0. The molecule has 0 unspecified atom stereocenters. The Balaban J connectivity index is 1.92. The van der Waals surface area contributed by atoms with Gasteiger partial charge in [-0.3, -0.25) is 0 Å². The maximum atomic E-state index is 14.0. The third-order valence-corrected chi connectivity index (χ3v) is 6.57. The minimum Gasteiger partial charge on any atom is -0.490 e. The van der Waals surface area contributed by atoms with Gasteiger partial charge < -0.3 is 4.74 Å². The number of ether oxygens (including phenoxy) is 1. The molecule has 0 radical (unpaired) electrons. The number of benzene rings is 1. The molecule has 4 nitrogen and oxygen atoms in total. The predicted octanol–water partition coefficient (Wildman–Crippen LogP) is 4.96. The van der Waals surface area contributed by atoms with Gasteiger partial charge in [-0.2, -0.15) is 0 Å². The summed E-state index contributed by atoms with van der Waals surface area (Å²) in [6.45, 7) is 4.39. The highest BCUT2D eigenvalue weighted by Gasteiger charge is 2.19. The maximum absolute atomic E-state index is 14.0. The first-order chi connectivity index (χ1) is 12.4. The van der Waals surface area contributed by atoms with E-state index in [4.69, 9.17) is 4.74 Å². The first kappa shape index (κ1) is 21.2. The van der Waals surface area contributed by atoms with Crippen LogP contribution >= 0.6 is 0 Å². The van der Waals surface area contributed by atoms with Crippen LogP contribution in [0.25, 0.3) is 0 Å². The Hall–Kier alpha value is -1.14. The van der Waals surface area contributed by atoms with Crippen molar-refractivity contribution in [3.8, 4) is 5.75 Å².